The monoisotopic (exact) mass is 502 g/mol. The summed E-state index contributed by atoms with van der Waals surface area (Å²) in [6.45, 7) is 0.883. The van der Waals surface area contributed by atoms with Crippen LogP contribution in [0.4, 0.5) is 9.18 Å². The first-order valence-corrected chi connectivity index (χ1v) is 12.4. The number of ether oxygens (including phenoxy) is 1. The van der Waals surface area contributed by atoms with Crippen LogP contribution in [0.25, 0.3) is 6.08 Å². The first-order chi connectivity index (χ1) is 17.5. The van der Waals surface area contributed by atoms with Gasteiger partial charge < -0.3 is 9.64 Å². The number of rotatable bonds is 6. The van der Waals surface area contributed by atoms with Crippen LogP contribution in [0.15, 0.2) is 77.7 Å². The molecule has 0 spiro atoms. The summed E-state index contributed by atoms with van der Waals surface area (Å²) in [6.07, 6.45) is 2.34. The first kappa shape index (κ1) is 23.8. The lowest BCUT2D eigenvalue weighted by Gasteiger charge is -2.29. The van der Waals surface area contributed by atoms with Crippen LogP contribution < -0.4 is 4.74 Å². The Morgan fingerprint density at radius 3 is 2.61 bits per heavy atom. The molecule has 182 valence electrons. The Hall–Kier alpha value is -3.91. The Morgan fingerprint density at radius 2 is 1.78 bits per heavy atom. The van der Waals surface area contributed by atoms with Crippen LogP contribution in [-0.2, 0) is 29.2 Å². The summed E-state index contributed by atoms with van der Waals surface area (Å²) in [5.74, 6) is -0.611. The van der Waals surface area contributed by atoms with Crippen LogP contribution in [0, 0.1) is 5.82 Å². The van der Waals surface area contributed by atoms with Crippen molar-refractivity contribution in [1.82, 2.24) is 9.80 Å². The minimum absolute atomic E-state index is 0.150. The van der Waals surface area contributed by atoms with Gasteiger partial charge in [-0.3, -0.25) is 19.3 Å². The maximum absolute atomic E-state index is 13.5. The zero-order valence-electron chi connectivity index (χ0n) is 19.4. The zero-order chi connectivity index (χ0) is 25.1. The van der Waals surface area contributed by atoms with E-state index in [1.54, 1.807) is 47.4 Å². The summed E-state index contributed by atoms with van der Waals surface area (Å²) >= 11 is 0.802. The third kappa shape index (κ3) is 5.18. The van der Waals surface area contributed by atoms with E-state index in [-0.39, 0.29) is 29.8 Å². The van der Waals surface area contributed by atoms with Gasteiger partial charge in [0.2, 0.25) is 5.91 Å². The second kappa shape index (κ2) is 10.4. The van der Waals surface area contributed by atoms with Gasteiger partial charge in [0.25, 0.3) is 11.1 Å². The lowest BCUT2D eigenvalue weighted by atomic mass is 10.00. The van der Waals surface area contributed by atoms with Crippen molar-refractivity contribution in [1.29, 1.82) is 0 Å². The van der Waals surface area contributed by atoms with Gasteiger partial charge in [-0.1, -0.05) is 54.6 Å². The number of carbonyl (C=O) groups is 3. The van der Waals surface area contributed by atoms with Gasteiger partial charge >= 0.3 is 0 Å². The molecule has 3 amide bonds. The fourth-order valence-corrected chi connectivity index (χ4v) is 5.07. The van der Waals surface area contributed by atoms with E-state index in [0.29, 0.717) is 30.0 Å². The molecule has 5 rings (SSSR count). The Labute approximate surface area is 212 Å². The number of benzene rings is 3. The predicted molar refractivity (Wildman–Crippen MR) is 135 cm³/mol. The average molecular weight is 503 g/mol. The predicted octanol–water partition coefficient (Wildman–Crippen LogP) is 5.03. The van der Waals surface area contributed by atoms with E-state index in [1.165, 1.54) is 17.7 Å². The third-order valence-electron chi connectivity index (χ3n) is 6.14. The molecule has 3 aromatic carbocycles. The van der Waals surface area contributed by atoms with E-state index < -0.39 is 11.1 Å². The van der Waals surface area contributed by atoms with Crippen LogP contribution in [0.3, 0.4) is 0 Å². The summed E-state index contributed by atoms with van der Waals surface area (Å²) in [6, 6.07) is 21.2. The molecule has 2 heterocycles. The fourth-order valence-electron chi connectivity index (χ4n) is 4.24. The summed E-state index contributed by atoms with van der Waals surface area (Å²) in [4.78, 5) is 41.5. The Bertz CT molecular complexity index is 1370. The number of fused-ring (bicyclic) bond motifs is 1. The van der Waals surface area contributed by atoms with Crippen molar-refractivity contribution in [2.45, 2.75) is 19.6 Å². The number of thioether (sulfide) groups is 1. The van der Waals surface area contributed by atoms with Gasteiger partial charge in [-0.25, -0.2) is 4.39 Å². The van der Waals surface area contributed by atoms with E-state index >= 15 is 0 Å². The third-order valence-corrected chi connectivity index (χ3v) is 7.05. The van der Waals surface area contributed by atoms with Crippen LogP contribution >= 0.6 is 11.8 Å². The molecular weight excluding hydrogens is 479 g/mol. The molecule has 2 aliphatic rings. The normalized spacial score (nSPS) is 16.4. The molecule has 0 atom stereocenters. The molecule has 3 aromatic rings. The van der Waals surface area contributed by atoms with E-state index in [0.717, 1.165) is 28.6 Å². The molecule has 6 nitrogen and oxygen atoms in total. The highest BCUT2D eigenvalue weighted by atomic mass is 32.2. The van der Waals surface area contributed by atoms with Crippen molar-refractivity contribution in [2.75, 3.05) is 13.1 Å². The molecule has 36 heavy (non-hydrogen) atoms. The van der Waals surface area contributed by atoms with Crippen LogP contribution in [-0.4, -0.2) is 39.9 Å². The van der Waals surface area contributed by atoms with Crippen LogP contribution in [0.5, 0.6) is 5.75 Å². The second-order valence-electron chi connectivity index (χ2n) is 8.56. The maximum Gasteiger partial charge on any atom is 0.294 e. The largest absolute Gasteiger partial charge is 0.488 e. The molecule has 0 unspecified atom stereocenters. The summed E-state index contributed by atoms with van der Waals surface area (Å²) in [7, 11) is 0. The molecule has 1 fully saturated rings. The molecule has 0 radical (unpaired) electrons. The van der Waals surface area contributed by atoms with Crippen LogP contribution in [0.2, 0.25) is 0 Å². The highest BCUT2D eigenvalue weighted by Crippen LogP contribution is 2.34. The van der Waals surface area contributed by atoms with Gasteiger partial charge in [0.15, 0.2) is 0 Å². The van der Waals surface area contributed by atoms with Gasteiger partial charge in [-0.05, 0) is 59.1 Å². The summed E-state index contributed by atoms with van der Waals surface area (Å²) < 4.78 is 19.3. The van der Waals surface area contributed by atoms with E-state index in [4.69, 9.17) is 4.74 Å². The van der Waals surface area contributed by atoms with E-state index in [1.807, 2.05) is 18.2 Å². The van der Waals surface area contributed by atoms with Crippen molar-refractivity contribution in [3.8, 4) is 5.75 Å². The van der Waals surface area contributed by atoms with Crippen molar-refractivity contribution < 1.29 is 23.5 Å². The van der Waals surface area contributed by atoms with Gasteiger partial charge in [-0.15, -0.1) is 0 Å². The number of hydrogen-bond acceptors (Lipinski definition) is 5. The topological polar surface area (TPSA) is 66.9 Å². The lowest BCUT2D eigenvalue weighted by molar-refractivity contribution is -0.136. The van der Waals surface area contributed by atoms with Crippen molar-refractivity contribution in [3.63, 3.8) is 0 Å². The molecule has 8 heteroatoms. The van der Waals surface area contributed by atoms with Gasteiger partial charge in [0, 0.05) is 18.7 Å². The maximum atomic E-state index is 13.5. The van der Waals surface area contributed by atoms with Gasteiger partial charge in [0.1, 0.15) is 24.7 Å². The SMILES string of the molecule is O=C(CN1C(=O)S/C(=C\c2ccccc2OCc2cccc(F)c2)C1=O)N1CCc2ccccc2C1. The van der Waals surface area contributed by atoms with Crippen molar-refractivity contribution in [2.24, 2.45) is 0 Å². The number of nitrogens with zero attached hydrogens (tertiary/aromatic N) is 2. The Balaban J connectivity index is 1.27. The molecule has 0 saturated carbocycles. The smallest absolute Gasteiger partial charge is 0.294 e. The number of amides is 3. The van der Waals surface area contributed by atoms with Crippen molar-refractivity contribution >= 4 is 34.9 Å². The minimum Gasteiger partial charge on any atom is -0.488 e. The molecule has 2 aliphatic heterocycles. The molecule has 1 saturated heterocycles. The number of hydrogen-bond donors (Lipinski definition) is 0. The van der Waals surface area contributed by atoms with Crippen LogP contribution in [0.1, 0.15) is 22.3 Å². The van der Waals surface area contributed by atoms with E-state index in [2.05, 4.69) is 6.07 Å². The average Bonchev–Trinajstić information content (AvgIpc) is 3.15. The molecule has 0 aliphatic carbocycles. The number of carbonyl (C=O) groups excluding carboxylic acids is 3. The molecule has 0 aromatic heterocycles. The summed E-state index contributed by atoms with van der Waals surface area (Å²) in [5.41, 5.74) is 3.58. The molecule has 0 N–H and O–H groups in total. The number of imide groups is 1. The highest BCUT2D eigenvalue weighted by molar-refractivity contribution is 8.18. The fraction of sp³-hybridized carbons (Fsp3) is 0.179. The van der Waals surface area contributed by atoms with Gasteiger partial charge in [-0.2, -0.15) is 0 Å². The zero-order valence-corrected chi connectivity index (χ0v) is 20.2. The Kier molecular flexibility index (Phi) is 6.86. The number of halogens is 1. The van der Waals surface area contributed by atoms with E-state index in [9.17, 15) is 18.8 Å². The molecular formula is C28H23FN2O4S. The van der Waals surface area contributed by atoms with Crippen molar-refractivity contribution in [3.05, 3.63) is 106 Å². The first-order valence-electron chi connectivity index (χ1n) is 11.5. The molecule has 0 bridgehead atoms. The quantitative estimate of drug-likeness (QED) is 0.443. The number of para-hydroxylation sites is 1. The summed E-state index contributed by atoms with van der Waals surface area (Å²) in [5, 5.41) is -0.477. The Morgan fingerprint density at radius 1 is 1.00 bits per heavy atom. The second-order valence-corrected chi connectivity index (χ2v) is 9.55. The standard InChI is InChI=1S/C28H23FN2O4S/c29-23-10-5-6-19(14-23)18-35-24-11-4-3-8-21(24)15-25-27(33)31(28(34)36-25)17-26(32)30-13-12-20-7-1-2-9-22(20)16-30/h1-11,14-15H,12-13,16-18H2/b25-15-. The van der Waals surface area contributed by atoms with Gasteiger partial charge in [0.05, 0.1) is 4.91 Å². The highest BCUT2D eigenvalue weighted by Gasteiger charge is 2.37. The minimum atomic E-state index is -0.504. The lowest BCUT2D eigenvalue weighted by Crippen LogP contribution is -2.44.